The molecule has 0 N–H and O–H groups in total. The van der Waals surface area contributed by atoms with Crippen LogP contribution < -0.4 is 0 Å². The number of amides is 2. The molecular weight excluding hydrogens is 405 g/mol. The number of alkyl halides is 3. The molecule has 0 bridgehead atoms. The van der Waals surface area contributed by atoms with Gasteiger partial charge in [-0.15, -0.1) is 0 Å². The summed E-state index contributed by atoms with van der Waals surface area (Å²) < 4.78 is 39.5. The van der Waals surface area contributed by atoms with Gasteiger partial charge in [0, 0.05) is 26.2 Å². The summed E-state index contributed by atoms with van der Waals surface area (Å²) in [6.07, 6.45) is -4.29. The van der Waals surface area contributed by atoms with Gasteiger partial charge in [0.1, 0.15) is 0 Å². The molecular formula is C21H20ClF3N2O2. The third kappa shape index (κ3) is 5.09. The summed E-state index contributed by atoms with van der Waals surface area (Å²) in [5.74, 6) is -0.596. The third-order valence-electron chi connectivity index (χ3n) is 4.90. The molecule has 29 heavy (non-hydrogen) atoms. The average Bonchev–Trinajstić information content (AvgIpc) is 2.94. The normalized spacial score (nSPS) is 15.2. The number of benzene rings is 2. The Balaban J connectivity index is 1.66. The van der Waals surface area contributed by atoms with E-state index in [0.29, 0.717) is 36.6 Å². The Labute approximate surface area is 171 Å². The number of carbonyl (C=O) groups excluding carboxylic acids is 2. The molecule has 1 fully saturated rings. The van der Waals surface area contributed by atoms with Crippen molar-refractivity contribution in [1.82, 2.24) is 9.80 Å². The van der Waals surface area contributed by atoms with Crippen LogP contribution in [0.2, 0.25) is 5.02 Å². The molecule has 3 rings (SSSR count). The summed E-state index contributed by atoms with van der Waals surface area (Å²) in [7, 11) is 0. The van der Waals surface area contributed by atoms with E-state index in [4.69, 9.17) is 11.6 Å². The number of carbonyl (C=O) groups is 2. The molecule has 2 aromatic carbocycles. The quantitative estimate of drug-likeness (QED) is 0.738. The molecule has 1 saturated heterocycles. The van der Waals surface area contributed by atoms with E-state index in [2.05, 4.69) is 0 Å². The van der Waals surface area contributed by atoms with E-state index in [1.165, 1.54) is 23.1 Å². The van der Waals surface area contributed by atoms with Crippen molar-refractivity contribution in [3.63, 3.8) is 0 Å². The first-order valence-electron chi connectivity index (χ1n) is 9.24. The lowest BCUT2D eigenvalue weighted by atomic mass is 10.0. The van der Waals surface area contributed by atoms with Gasteiger partial charge in [-0.25, -0.2) is 0 Å². The predicted octanol–water partition coefficient (Wildman–Crippen LogP) is 4.28. The van der Waals surface area contributed by atoms with Crippen molar-refractivity contribution in [3.8, 4) is 0 Å². The minimum atomic E-state index is -4.51. The van der Waals surface area contributed by atoms with E-state index < -0.39 is 11.7 Å². The molecule has 4 nitrogen and oxygen atoms in total. The largest absolute Gasteiger partial charge is 0.416 e. The lowest BCUT2D eigenvalue weighted by Crippen LogP contribution is -2.38. The zero-order valence-electron chi connectivity index (χ0n) is 15.6. The highest BCUT2D eigenvalue weighted by Gasteiger charge is 2.34. The number of hydrogen-bond acceptors (Lipinski definition) is 2. The molecule has 2 amide bonds. The summed E-state index contributed by atoms with van der Waals surface area (Å²) >= 11 is 6.10. The van der Waals surface area contributed by atoms with Gasteiger partial charge in [0.15, 0.2) is 0 Å². The number of hydrogen-bond donors (Lipinski definition) is 0. The Morgan fingerprint density at radius 3 is 2.24 bits per heavy atom. The van der Waals surface area contributed by atoms with Crippen LogP contribution in [0.4, 0.5) is 13.2 Å². The molecule has 8 heteroatoms. The van der Waals surface area contributed by atoms with Crippen molar-refractivity contribution in [3.05, 3.63) is 70.2 Å². The van der Waals surface area contributed by atoms with Crippen LogP contribution in [-0.4, -0.2) is 47.8 Å². The second-order valence-corrected chi connectivity index (χ2v) is 7.25. The SMILES string of the molecule is O=C(Cc1ccccc1C(F)(F)F)N1CCCN(C(=O)c2ccccc2Cl)CC1. The van der Waals surface area contributed by atoms with Gasteiger partial charge in [-0.05, 0) is 30.2 Å². The van der Waals surface area contributed by atoms with Gasteiger partial charge in [-0.3, -0.25) is 9.59 Å². The third-order valence-corrected chi connectivity index (χ3v) is 5.23. The maximum absolute atomic E-state index is 13.2. The average molecular weight is 425 g/mol. The molecule has 0 aliphatic carbocycles. The molecule has 0 radical (unpaired) electrons. The minimum absolute atomic E-state index is 0.0433. The Kier molecular flexibility index (Phi) is 6.47. The Morgan fingerprint density at radius 1 is 0.897 bits per heavy atom. The topological polar surface area (TPSA) is 40.6 Å². The fourth-order valence-corrected chi connectivity index (χ4v) is 3.62. The maximum atomic E-state index is 13.2. The first-order chi connectivity index (χ1) is 13.8. The summed E-state index contributed by atoms with van der Waals surface area (Å²) in [4.78, 5) is 28.5. The van der Waals surface area contributed by atoms with E-state index in [1.54, 1.807) is 29.2 Å². The van der Waals surface area contributed by atoms with Gasteiger partial charge in [-0.2, -0.15) is 13.2 Å². The zero-order chi connectivity index (χ0) is 21.0. The highest BCUT2D eigenvalue weighted by molar-refractivity contribution is 6.33. The van der Waals surface area contributed by atoms with Crippen molar-refractivity contribution in [2.45, 2.75) is 19.0 Å². The van der Waals surface area contributed by atoms with Crippen LogP contribution in [0.25, 0.3) is 0 Å². The van der Waals surface area contributed by atoms with Crippen LogP contribution in [0.1, 0.15) is 27.9 Å². The van der Waals surface area contributed by atoms with E-state index >= 15 is 0 Å². The Morgan fingerprint density at radius 2 is 1.52 bits per heavy atom. The molecule has 0 atom stereocenters. The number of rotatable bonds is 3. The number of halogens is 4. The molecule has 2 aromatic rings. The molecule has 154 valence electrons. The highest BCUT2D eigenvalue weighted by Crippen LogP contribution is 2.32. The van der Waals surface area contributed by atoms with Gasteiger partial charge >= 0.3 is 6.18 Å². The monoisotopic (exact) mass is 424 g/mol. The molecule has 0 saturated carbocycles. The summed E-state index contributed by atoms with van der Waals surface area (Å²) in [5.41, 5.74) is -0.440. The van der Waals surface area contributed by atoms with E-state index in [9.17, 15) is 22.8 Å². The van der Waals surface area contributed by atoms with Crippen LogP contribution in [0.3, 0.4) is 0 Å². The van der Waals surface area contributed by atoms with Gasteiger partial charge in [0.25, 0.3) is 5.91 Å². The van der Waals surface area contributed by atoms with Crippen molar-refractivity contribution in [2.24, 2.45) is 0 Å². The fraction of sp³-hybridized carbons (Fsp3) is 0.333. The van der Waals surface area contributed by atoms with Crippen LogP contribution in [0.5, 0.6) is 0 Å². The molecule has 1 aliphatic rings. The molecule has 0 spiro atoms. The minimum Gasteiger partial charge on any atom is -0.341 e. The van der Waals surface area contributed by atoms with Gasteiger partial charge in [0.05, 0.1) is 22.6 Å². The molecule has 1 aliphatic heterocycles. The summed E-state index contributed by atoms with van der Waals surface area (Å²) in [6.45, 7) is 1.41. The zero-order valence-corrected chi connectivity index (χ0v) is 16.3. The summed E-state index contributed by atoms with van der Waals surface area (Å²) in [6, 6.07) is 11.9. The van der Waals surface area contributed by atoms with Crippen LogP contribution in [0, 0.1) is 0 Å². The standard InChI is InChI=1S/C21H20ClF3N2O2/c22-18-9-4-2-7-16(18)20(29)27-11-5-10-26(12-13-27)19(28)14-15-6-1-3-8-17(15)21(23,24)25/h1-4,6-9H,5,10-14H2. The van der Waals surface area contributed by atoms with Crippen molar-refractivity contribution < 1.29 is 22.8 Å². The lowest BCUT2D eigenvalue weighted by molar-refractivity contribution is -0.138. The van der Waals surface area contributed by atoms with Crippen LogP contribution in [-0.2, 0) is 17.4 Å². The Bertz CT molecular complexity index is 901. The highest BCUT2D eigenvalue weighted by atomic mass is 35.5. The van der Waals surface area contributed by atoms with Gasteiger partial charge < -0.3 is 9.80 Å². The predicted molar refractivity (Wildman–Crippen MR) is 104 cm³/mol. The first kappa shape index (κ1) is 21.2. The van der Waals surface area contributed by atoms with Crippen molar-refractivity contribution in [2.75, 3.05) is 26.2 Å². The van der Waals surface area contributed by atoms with Crippen molar-refractivity contribution >= 4 is 23.4 Å². The second-order valence-electron chi connectivity index (χ2n) is 6.84. The first-order valence-corrected chi connectivity index (χ1v) is 9.62. The molecule has 0 unspecified atom stereocenters. The maximum Gasteiger partial charge on any atom is 0.416 e. The van der Waals surface area contributed by atoms with Crippen LogP contribution >= 0.6 is 11.6 Å². The molecule has 1 heterocycles. The Hall–Kier alpha value is -2.54. The van der Waals surface area contributed by atoms with Gasteiger partial charge in [0.2, 0.25) is 5.91 Å². The second kappa shape index (κ2) is 8.86. The fourth-order valence-electron chi connectivity index (χ4n) is 3.40. The van der Waals surface area contributed by atoms with Crippen LogP contribution in [0.15, 0.2) is 48.5 Å². The lowest BCUT2D eigenvalue weighted by Gasteiger charge is -2.23. The summed E-state index contributed by atoms with van der Waals surface area (Å²) in [5, 5.41) is 0.360. The molecule has 0 aromatic heterocycles. The van der Waals surface area contributed by atoms with Crippen molar-refractivity contribution in [1.29, 1.82) is 0 Å². The van der Waals surface area contributed by atoms with E-state index in [0.717, 1.165) is 6.07 Å². The van der Waals surface area contributed by atoms with E-state index in [-0.39, 0.29) is 30.3 Å². The smallest absolute Gasteiger partial charge is 0.341 e. The van der Waals surface area contributed by atoms with Gasteiger partial charge in [-0.1, -0.05) is 41.9 Å². The van der Waals surface area contributed by atoms with E-state index in [1.807, 2.05) is 0 Å². The number of nitrogens with zero attached hydrogens (tertiary/aromatic N) is 2.